The Labute approximate surface area is 130 Å². The Balaban J connectivity index is 1.91. The third-order valence-electron chi connectivity index (χ3n) is 3.28. The van der Waals surface area contributed by atoms with E-state index in [4.69, 9.17) is 11.6 Å². The van der Waals surface area contributed by atoms with Crippen LogP contribution in [0.15, 0.2) is 48.5 Å². The Morgan fingerprint density at radius 2 is 1.90 bits per heavy atom. The zero-order chi connectivity index (χ0) is 15.2. The average molecular weight is 304 g/mol. The number of nitrogens with one attached hydrogen (secondary N) is 2. The lowest BCUT2D eigenvalue weighted by Gasteiger charge is -2.14. The molecule has 2 N–H and O–H groups in total. The van der Waals surface area contributed by atoms with Gasteiger partial charge in [0.05, 0.1) is 7.05 Å². The summed E-state index contributed by atoms with van der Waals surface area (Å²) in [6, 6.07) is 15.7. The number of hydrogen-bond donors (Lipinski definition) is 2. The lowest BCUT2D eigenvalue weighted by Crippen LogP contribution is -3.08. The van der Waals surface area contributed by atoms with Crippen molar-refractivity contribution in [3.63, 3.8) is 0 Å². The Bertz CT molecular complexity index is 613. The summed E-state index contributed by atoms with van der Waals surface area (Å²) in [6.45, 7) is 3.19. The molecule has 0 aliphatic rings. The van der Waals surface area contributed by atoms with Gasteiger partial charge in [-0.05, 0) is 24.6 Å². The fourth-order valence-electron chi connectivity index (χ4n) is 2.20. The molecule has 2 rings (SSSR count). The van der Waals surface area contributed by atoms with Crippen molar-refractivity contribution < 1.29 is 9.69 Å². The fourth-order valence-corrected chi connectivity index (χ4v) is 2.38. The molecule has 0 radical (unpaired) electrons. The molecule has 1 amide bonds. The van der Waals surface area contributed by atoms with Gasteiger partial charge in [-0.2, -0.15) is 0 Å². The van der Waals surface area contributed by atoms with Crippen LogP contribution in [0.4, 0.5) is 5.69 Å². The van der Waals surface area contributed by atoms with Gasteiger partial charge in [0, 0.05) is 16.3 Å². The van der Waals surface area contributed by atoms with Crippen LogP contribution in [-0.4, -0.2) is 19.5 Å². The SMILES string of the molecule is Cc1ccc(Cl)cc1NC(=O)C[NH+](C)Cc1ccccc1. The van der Waals surface area contributed by atoms with Gasteiger partial charge in [-0.25, -0.2) is 0 Å². The van der Waals surface area contributed by atoms with Gasteiger partial charge >= 0.3 is 0 Å². The van der Waals surface area contributed by atoms with Crippen molar-refractivity contribution >= 4 is 23.2 Å². The lowest BCUT2D eigenvalue weighted by molar-refractivity contribution is -0.885. The van der Waals surface area contributed by atoms with Gasteiger partial charge in [-0.1, -0.05) is 48.0 Å². The highest BCUT2D eigenvalue weighted by atomic mass is 35.5. The second-order valence-electron chi connectivity index (χ2n) is 5.30. The smallest absolute Gasteiger partial charge is 0.279 e. The second-order valence-corrected chi connectivity index (χ2v) is 5.74. The molecule has 2 aromatic rings. The monoisotopic (exact) mass is 303 g/mol. The van der Waals surface area contributed by atoms with Crippen molar-refractivity contribution in [2.45, 2.75) is 13.5 Å². The predicted octanol–water partition coefficient (Wildman–Crippen LogP) is 2.30. The fraction of sp³-hybridized carbons (Fsp3) is 0.235. The second kappa shape index (κ2) is 7.25. The van der Waals surface area contributed by atoms with E-state index in [-0.39, 0.29) is 5.91 Å². The van der Waals surface area contributed by atoms with Crippen LogP contribution in [0.2, 0.25) is 5.02 Å². The van der Waals surface area contributed by atoms with Crippen LogP contribution in [0, 0.1) is 6.92 Å². The summed E-state index contributed by atoms with van der Waals surface area (Å²) >= 11 is 5.96. The predicted molar refractivity (Wildman–Crippen MR) is 86.7 cm³/mol. The molecule has 1 atom stereocenters. The van der Waals surface area contributed by atoms with Crippen molar-refractivity contribution in [3.8, 4) is 0 Å². The van der Waals surface area contributed by atoms with Crippen molar-refractivity contribution in [3.05, 3.63) is 64.7 Å². The Morgan fingerprint density at radius 3 is 2.62 bits per heavy atom. The molecule has 0 spiro atoms. The summed E-state index contributed by atoms with van der Waals surface area (Å²) in [6.07, 6.45) is 0. The first kappa shape index (κ1) is 15.5. The number of anilines is 1. The number of amides is 1. The Morgan fingerprint density at radius 1 is 1.19 bits per heavy atom. The highest BCUT2D eigenvalue weighted by molar-refractivity contribution is 6.31. The lowest BCUT2D eigenvalue weighted by atomic mass is 10.2. The maximum Gasteiger partial charge on any atom is 0.279 e. The summed E-state index contributed by atoms with van der Waals surface area (Å²) in [5.74, 6) is -0.00574. The van der Waals surface area contributed by atoms with Gasteiger partial charge in [0.2, 0.25) is 0 Å². The first-order valence-electron chi connectivity index (χ1n) is 6.96. The van der Waals surface area contributed by atoms with Crippen molar-refractivity contribution in [2.75, 3.05) is 18.9 Å². The minimum absolute atomic E-state index is 0.00574. The number of aryl methyl sites for hydroxylation is 1. The molecular weight excluding hydrogens is 284 g/mol. The number of halogens is 1. The third kappa shape index (κ3) is 4.88. The van der Waals surface area contributed by atoms with E-state index >= 15 is 0 Å². The van der Waals surface area contributed by atoms with Crippen LogP contribution in [-0.2, 0) is 11.3 Å². The maximum atomic E-state index is 12.1. The minimum atomic E-state index is -0.00574. The van der Waals surface area contributed by atoms with Gasteiger partial charge < -0.3 is 10.2 Å². The highest BCUT2D eigenvalue weighted by Crippen LogP contribution is 2.19. The minimum Gasteiger partial charge on any atom is -0.326 e. The quantitative estimate of drug-likeness (QED) is 0.873. The third-order valence-corrected chi connectivity index (χ3v) is 3.52. The van der Waals surface area contributed by atoms with E-state index in [0.29, 0.717) is 11.6 Å². The molecule has 4 heteroatoms. The Hall–Kier alpha value is -1.84. The first-order chi connectivity index (χ1) is 10.0. The number of rotatable bonds is 5. The van der Waals surface area contributed by atoms with Gasteiger partial charge in [-0.15, -0.1) is 0 Å². The topological polar surface area (TPSA) is 33.5 Å². The van der Waals surface area contributed by atoms with E-state index in [0.717, 1.165) is 22.7 Å². The van der Waals surface area contributed by atoms with E-state index in [1.54, 1.807) is 6.07 Å². The van der Waals surface area contributed by atoms with E-state index < -0.39 is 0 Å². The van der Waals surface area contributed by atoms with E-state index in [9.17, 15) is 4.79 Å². The molecule has 0 aliphatic heterocycles. The van der Waals surface area contributed by atoms with Crippen molar-refractivity contribution in [1.82, 2.24) is 0 Å². The molecule has 2 aromatic carbocycles. The Kier molecular flexibility index (Phi) is 5.37. The normalized spacial score (nSPS) is 12.0. The molecule has 0 aromatic heterocycles. The first-order valence-corrected chi connectivity index (χ1v) is 7.33. The van der Waals surface area contributed by atoms with E-state index in [2.05, 4.69) is 17.4 Å². The zero-order valence-corrected chi connectivity index (χ0v) is 13.1. The molecule has 0 fully saturated rings. The summed E-state index contributed by atoms with van der Waals surface area (Å²) in [4.78, 5) is 13.2. The van der Waals surface area contributed by atoms with Gasteiger partial charge in [0.1, 0.15) is 6.54 Å². The molecular formula is C17H20ClN2O+. The molecule has 0 bridgehead atoms. The van der Waals surface area contributed by atoms with Crippen LogP contribution >= 0.6 is 11.6 Å². The van der Waals surface area contributed by atoms with Gasteiger partial charge in [0.15, 0.2) is 6.54 Å². The number of carbonyl (C=O) groups is 1. The standard InChI is InChI=1S/C17H19ClN2O/c1-13-8-9-15(18)10-16(13)19-17(21)12-20(2)11-14-6-4-3-5-7-14/h3-10H,11-12H2,1-2H3,(H,19,21)/p+1. The summed E-state index contributed by atoms with van der Waals surface area (Å²) < 4.78 is 0. The molecule has 0 saturated heterocycles. The summed E-state index contributed by atoms with van der Waals surface area (Å²) in [7, 11) is 2.01. The maximum absolute atomic E-state index is 12.1. The molecule has 1 unspecified atom stereocenters. The molecule has 0 heterocycles. The number of carbonyl (C=O) groups excluding carboxylic acids is 1. The van der Waals surface area contributed by atoms with Gasteiger partial charge in [0.25, 0.3) is 5.91 Å². The number of likely N-dealkylation sites (N-methyl/N-ethyl adjacent to an activating group) is 1. The number of benzene rings is 2. The largest absolute Gasteiger partial charge is 0.326 e. The van der Waals surface area contributed by atoms with E-state index in [1.165, 1.54) is 5.56 Å². The van der Waals surface area contributed by atoms with Crippen LogP contribution in [0.25, 0.3) is 0 Å². The van der Waals surface area contributed by atoms with Crippen molar-refractivity contribution in [2.24, 2.45) is 0 Å². The molecule has 110 valence electrons. The van der Waals surface area contributed by atoms with Crippen LogP contribution in [0.5, 0.6) is 0 Å². The van der Waals surface area contributed by atoms with Crippen molar-refractivity contribution in [1.29, 1.82) is 0 Å². The average Bonchev–Trinajstić information content (AvgIpc) is 2.43. The zero-order valence-electron chi connectivity index (χ0n) is 12.3. The summed E-state index contributed by atoms with van der Waals surface area (Å²) in [5.41, 5.74) is 3.01. The molecule has 3 nitrogen and oxygen atoms in total. The molecule has 0 aliphatic carbocycles. The van der Waals surface area contributed by atoms with Crippen LogP contribution < -0.4 is 10.2 Å². The number of quaternary nitrogens is 1. The van der Waals surface area contributed by atoms with Gasteiger partial charge in [-0.3, -0.25) is 4.79 Å². The van der Waals surface area contributed by atoms with Crippen LogP contribution in [0.3, 0.4) is 0 Å². The van der Waals surface area contributed by atoms with Crippen LogP contribution in [0.1, 0.15) is 11.1 Å². The van der Waals surface area contributed by atoms with E-state index in [1.807, 2.05) is 44.3 Å². The highest BCUT2D eigenvalue weighted by Gasteiger charge is 2.12. The molecule has 21 heavy (non-hydrogen) atoms. The molecule has 0 saturated carbocycles. The summed E-state index contributed by atoms with van der Waals surface area (Å²) in [5, 5.41) is 3.55. The number of hydrogen-bond acceptors (Lipinski definition) is 1.